The highest BCUT2D eigenvalue weighted by Gasteiger charge is 2.23. The quantitative estimate of drug-likeness (QED) is 0.338. The molecule has 1 saturated carbocycles. The molecule has 33 heavy (non-hydrogen) atoms. The number of unbranched alkanes of at least 4 members (excludes halogenated alkanes) is 3. The molecule has 2 atom stereocenters. The van der Waals surface area contributed by atoms with Gasteiger partial charge < -0.3 is 9.47 Å². The molecule has 2 heteroatoms. The van der Waals surface area contributed by atoms with Crippen LogP contribution < -0.4 is 0 Å². The van der Waals surface area contributed by atoms with E-state index in [9.17, 15) is 0 Å². The first-order chi connectivity index (χ1) is 16.3. The highest BCUT2D eigenvalue weighted by atomic mass is 16.6. The van der Waals surface area contributed by atoms with Crippen LogP contribution in [0.4, 0.5) is 0 Å². The van der Waals surface area contributed by atoms with Crippen molar-refractivity contribution in [1.82, 2.24) is 0 Å². The molecule has 1 aliphatic carbocycles. The molecule has 2 aromatic rings. The van der Waals surface area contributed by atoms with Crippen LogP contribution in [0.2, 0.25) is 0 Å². The minimum Gasteiger partial charge on any atom is -0.373 e. The molecular formula is C31H44O2. The van der Waals surface area contributed by atoms with Gasteiger partial charge in [-0.3, -0.25) is 0 Å². The molecule has 0 aromatic heterocycles. The Bertz CT molecular complexity index is 794. The third-order valence-corrected chi connectivity index (χ3v) is 7.89. The predicted molar refractivity (Wildman–Crippen MR) is 139 cm³/mol. The van der Waals surface area contributed by atoms with Gasteiger partial charge in [-0.05, 0) is 66.2 Å². The summed E-state index contributed by atoms with van der Waals surface area (Å²) < 4.78 is 12.1. The molecule has 2 aromatic carbocycles. The van der Waals surface area contributed by atoms with E-state index in [1.54, 1.807) is 0 Å². The van der Waals surface area contributed by atoms with E-state index in [1.165, 1.54) is 80.0 Å². The van der Waals surface area contributed by atoms with E-state index in [0.29, 0.717) is 13.2 Å². The lowest BCUT2D eigenvalue weighted by atomic mass is 9.77. The van der Waals surface area contributed by atoms with Crippen molar-refractivity contribution < 1.29 is 9.47 Å². The molecule has 0 unspecified atom stereocenters. The first-order valence-corrected chi connectivity index (χ1v) is 13.7. The first-order valence-electron chi connectivity index (χ1n) is 13.7. The van der Waals surface area contributed by atoms with Crippen molar-refractivity contribution in [1.29, 1.82) is 0 Å². The minimum atomic E-state index is 0.0660. The largest absolute Gasteiger partial charge is 0.373 e. The summed E-state index contributed by atoms with van der Waals surface area (Å²) in [6.45, 7) is 5.87. The maximum absolute atomic E-state index is 6.07. The van der Waals surface area contributed by atoms with Gasteiger partial charge >= 0.3 is 0 Å². The molecule has 180 valence electrons. The molecule has 0 radical (unpaired) electrons. The second kappa shape index (κ2) is 12.7. The lowest BCUT2D eigenvalue weighted by Crippen LogP contribution is -2.30. The van der Waals surface area contributed by atoms with Crippen LogP contribution in [0.1, 0.15) is 108 Å². The smallest absolute Gasteiger partial charge is 0.106 e. The zero-order valence-electron chi connectivity index (χ0n) is 20.9. The number of ether oxygens (including phenoxy) is 2. The monoisotopic (exact) mass is 448 g/mol. The van der Waals surface area contributed by atoms with Crippen LogP contribution in [0.25, 0.3) is 11.1 Å². The summed E-state index contributed by atoms with van der Waals surface area (Å²) in [6.07, 6.45) is 15.2. The van der Waals surface area contributed by atoms with Crippen LogP contribution >= 0.6 is 0 Å². The van der Waals surface area contributed by atoms with Crippen LogP contribution in [0, 0.1) is 5.92 Å². The van der Waals surface area contributed by atoms with Gasteiger partial charge in [0.1, 0.15) is 6.10 Å². The van der Waals surface area contributed by atoms with Crippen LogP contribution in [-0.4, -0.2) is 19.3 Å². The fourth-order valence-electron chi connectivity index (χ4n) is 5.71. The van der Waals surface area contributed by atoms with E-state index < -0.39 is 0 Å². The van der Waals surface area contributed by atoms with Gasteiger partial charge in [-0.15, -0.1) is 0 Å². The Balaban J connectivity index is 1.26. The molecule has 2 aliphatic rings. The van der Waals surface area contributed by atoms with Crippen molar-refractivity contribution in [3.8, 4) is 11.1 Å². The zero-order valence-corrected chi connectivity index (χ0v) is 20.9. The number of hydrogen-bond donors (Lipinski definition) is 0. The molecule has 2 nitrogen and oxygen atoms in total. The fraction of sp³-hybridized carbons (Fsp3) is 0.613. The van der Waals surface area contributed by atoms with Crippen molar-refractivity contribution in [2.45, 2.75) is 103 Å². The van der Waals surface area contributed by atoms with Crippen LogP contribution in [0.15, 0.2) is 48.5 Å². The zero-order chi connectivity index (χ0) is 22.9. The summed E-state index contributed by atoms with van der Waals surface area (Å²) in [6, 6.07) is 18.3. The average Bonchev–Trinajstić information content (AvgIpc) is 2.88. The number of hydrogen-bond acceptors (Lipinski definition) is 2. The Hall–Kier alpha value is -1.64. The topological polar surface area (TPSA) is 18.5 Å². The molecule has 1 aliphatic heterocycles. The van der Waals surface area contributed by atoms with Gasteiger partial charge in [0.2, 0.25) is 0 Å². The molecule has 2 fully saturated rings. The van der Waals surface area contributed by atoms with E-state index in [4.69, 9.17) is 9.47 Å². The summed E-state index contributed by atoms with van der Waals surface area (Å²) in [4.78, 5) is 0. The molecule has 0 N–H and O–H groups in total. The molecule has 0 spiro atoms. The third kappa shape index (κ3) is 6.93. The van der Waals surface area contributed by atoms with Gasteiger partial charge in [0.15, 0.2) is 0 Å². The number of rotatable bonds is 10. The maximum atomic E-state index is 6.07. The first kappa shape index (κ1) is 24.5. The van der Waals surface area contributed by atoms with Crippen LogP contribution in [-0.2, 0) is 9.47 Å². The average molecular weight is 449 g/mol. The van der Waals surface area contributed by atoms with Gasteiger partial charge in [0, 0.05) is 0 Å². The van der Waals surface area contributed by atoms with E-state index in [-0.39, 0.29) is 12.2 Å². The summed E-state index contributed by atoms with van der Waals surface area (Å²) in [5.41, 5.74) is 5.34. The lowest BCUT2D eigenvalue weighted by molar-refractivity contribution is -0.137. The lowest BCUT2D eigenvalue weighted by Gasteiger charge is -2.29. The van der Waals surface area contributed by atoms with Crippen molar-refractivity contribution in [2.24, 2.45) is 5.92 Å². The number of benzene rings is 2. The van der Waals surface area contributed by atoms with Gasteiger partial charge in [0.05, 0.1) is 19.3 Å². The van der Waals surface area contributed by atoms with Gasteiger partial charge in [-0.1, -0.05) is 101 Å². The van der Waals surface area contributed by atoms with Gasteiger partial charge in [-0.2, -0.15) is 0 Å². The van der Waals surface area contributed by atoms with Crippen molar-refractivity contribution in [2.75, 3.05) is 13.2 Å². The molecule has 0 bridgehead atoms. The van der Waals surface area contributed by atoms with E-state index in [0.717, 1.165) is 24.7 Å². The Morgan fingerprint density at radius 1 is 0.636 bits per heavy atom. The minimum absolute atomic E-state index is 0.0660. The fourth-order valence-corrected chi connectivity index (χ4v) is 5.71. The Labute approximate surface area is 202 Å². The van der Waals surface area contributed by atoms with Crippen molar-refractivity contribution >= 4 is 0 Å². The molecular weight excluding hydrogens is 404 g/mol. The highest BCUT2D eigenvalue weighted by Crippen LogP contribution is 2.38. The van der Waals surface area contributed by atoms with Crippen LogP contribution in [0.5, 0.6) is 0 Å². The van der Waals surface area contributed by atoms with Gasteiger partial charge in [-0.25, -0.2) is 0 Å². The standard InChI is InChI=1S/C31H44O2/c1-3-5-6-7-9-24-10-12-25(13-11-24)26-14-16-27(17-15-26)28-18-20-29(21-19-28)31-23-32-30(8-4-2)22-33-31/h14-21,24-25,30-31H,3-13,22-23H2,1-2H3/t24-,25-,30-,31-/m0/s1. The molecule has 1 saturated heterocycles. The predicted octanol–water partition coefficient (Wildman–Crippen LogP) is 8.85. The second-order valence-corrected chi connectivity index (χ2v) is 10.4. The Kier molecular flexibility index (Phi) is 9.44. The van der Waals surface area contributed by atoms with Crippen LogP contribution in [0.3, 0.4) is 0 Å². The van der Waals surface area contributed by atoms with Crippen molar-refractivity contribution in [3.05, 3.63) is 59.7 Å². The molecule has 1 heterocycles. The summed E-state index contributed by atoms with van der Waals surface area (Å²) in [5, 5.41) is 0. The van der Waals surface area contributed by atoms with E-state index in [1.807, 2.05) is 0 Å². The third-order valence-electron chi connectivity index (χ3n) is 7.89. The SMILES string of the molecule is CCCCCC[C@H]1CC[C@H](c2ccc(-c3ccc([C@@H]4CO[C@@H](CCC)CO4)cc3)cc2)CC1. The summed E-state index contributed by atoms with van der Waals surface area (Å²) in [5.74, 6) is 1.74. The molecule has 4 rings (SSSR count). The molecule has 0 amide bonds. The Morgan fingerprint density at radius 2 is 1.30 bits per heavy atom. The summed E-state index contributed by atoms with van der Waals surface area (Å²) >= 11 is 0. The van der Waals surface area contributed by atoms with Crippen molar-refractivity contribution in [3.63, 3.8) is 0 Å². The second-order valence-electron chi connectivity index (χ2n) is 10.4. The Morgan fingerprint density at radius 3 is 1.88 bits per heavy atom. The van der Waals surface area contributed by atoms with E-state index >= 15 is 0 Å². The van der Waals surface area contributed by atoms with Gasteiger partial charge in [0.25, 0.3) is 0 Å². The highest BCUT2D eigenvalue weighted by molar-refractivity contribution is 5.64. The maximum Gasteiger partial charge on any atom is 0.106 e. The normalized spacial score (nSPS) is 25.8. The van der Waals surface area contributed by atoms with E-state index in [2.05, 4.69) is 62.4 Å². The summed E-state index contributed by atoms with van der Waals surface area (Å²) in [7, 11) is 0.